The lowest BCUT2D eigenvalue weighted by Gasteiger charge is -2.29. The Bertz CT molecular complexity index is 456. The van der Waals surface area contributed by atoms with Crippen LogP contribution in [-0.2, 0) is 0 Å². The highest BCUT2D eigenvalue weighted by atomic mass is 16.7. The summed E-state index contributed by atoms with van der Waals surface area (Å²) in [4.78, 5) is 0. The van der Waals surface area contributed by atoms with Gasteiger partial charge < -0.3 is 24.6 Å². The highest BCUT2D eigenvalue weighted by Crippen LogP contribution is 2.35. The minimum Gasteiger partial charge on any atom is -0.491 e. The third-order valence-electron chi connectivity index (χ3n) is 3.00. The molecular weight excluding hydrogens is 258 g/mol. The molecule has 1 aromatic rings. The largest absolute Gasteiger partial charge is 0.491 e. The summed E-state index contributed by atoms with van der Waals surface area (Å²) in [6.07, 6.45) is -0.584. The second kappa shape index (κ2) is 5.89. The van der Waals surface area contributed by atoms with Crippen LogP contribution in [0.5, 0.6) is 17.2 Å². The Kier molecular flexibility index (Phi) is 4.40. The van der Waals surface area contributed by atoms with Crippen molar-refractivity contribution >= 4 is 0 Å². The van der Waals surface area contributed by atoms with Crippen molar-refractivity contribution in [3.05, 3.63) is 18.2 Å². The van der Waals surface area contributed by atoms with Gasteiger partial charge in [0, 0.05) is 17.6 Å². The highest BCUT2D eigenvalue weighted by molar-refractivity contribution is 5.46. The molecule has 1 heterocycles. The van der Waals surface area contributed by atoms with Gasteiger partial charge in [-0.2, -0.15) is 0 Å². The monoisotopic (exact) mass is 281 g/mol. The number of aliphatic hydroxyl groups excluding tert-OH is 1. The van der Waals surface area contributed by atoms with E-state index in [2.05, 4.69) is 26.1 Å². The van der Waals surface area contributed by atoms with E-state index in [9.17, 15) is 5.11 Å². The van der Waals surface area contributed by atoms with Crippen molar-refractivity contribution in [2.24, 2.45) is 0 Å². The van der Waals surface area contributed by atoms with Gasteiger partial charge in [-0.05, 0) is 39.8 Å². The van der Waals surface area contributed by atoms with Crippen molar-refractivity contribution < 1.29 is 19.3 Å². The summed E-state index contributed by atoms with van der Waals surface area (Å²) in [6.45, 7) is 8.61. The first-order valence-electron chi connectivity index (χ1n) is 6.83. The minimum absolute atomic E-state index is 0.0425. The van der Waals surface area contributed by atoms with Gasteiger partial charge in [0.05, 0.1) is 0 Å². The predicted octanol–water partition coefficient (Wildman–Crippen LogP) is 1.93. The van der Waals surface area contributed by atoms with Crippen molar-refractivity contribution in [1.29, 1.82) is 0 Å². The number of ether oxygens (including phenoxy) is 3. The Morgan fingerprint density at radius 1 is 1.30 bits per heavy atom. The molecule has 2 N–H and O–H groups in total. The second-order valence-electron chi connectivity index (χ2n) is 6.08. The first-order chi connectivity index (χ1) is 9.35. The van der Waals surface area contributed by atoms with E-state index in [0.29, 0.717) is 11.5 Å². The first-order valence-corrected chi connectivity index (χ1v) is 6.83. The molecule has 2 unspecified atom stereocenters. The maximum atomic E-state index is 10.1. The van der Waals surface area contributed by atoms with Crippen LogP contribution in [0.4, 0.5) is 0 Å². The first kappa shape index (κ1) is 14.9. The lowest BCUT2D eigenvalue weighted by atomic mass is 10.1. The van der Waals surface area contributed by atoms with E-state index in [4.69, 9.17) is 14.2 Å². The molecule has 1 aliphatic rings. The topological polar surface area (TPSA) is 60.0 Å². The molecule has 0 fully saturated rings. The average Bonchev–Trinajstić information content (AvgIpc) is 2.81. The zero-order chi connectivity index (χ0) is 14.8. The zero-order valence-corrected chi connectivity index (χ0v) is 12.5. The van der Waals surface area contributed by atoms with Crippen molar-refractivity contribution in [3.8, 4) is 17.2 Å². The molecule has 0 spiro atoms. The van der Waals surface area contributed by atoms with E-state index >= 15 is 0 Å². The van der Waals surface area contributed by atoms with Gasteiger partial charge in [-0.15, -0.1) is 0 Å². The molecule has 0 bridgehead atoms. The molecule has 0 radical (unpaired) electrons. The van der Waals surface area contributed by atoms with Crippen LogP contribution in [0.15, 0.2) is 18.2 Å². The van der Waals surface area contributed by atoms with Gasteiger partial charge in [0.2, 0.25) is 6.79 Å². The molecule has 0 saturated carbocycles. The number of hydrogen-bond donors (Lipinski definition) is 2. The van der Waals surface area contributed by atoms with Crippen LogP contribution in [0.25, 0.3) is 0 Å². The molecule has 20 heavy (non-hydrogen) atoms. The van der Waals surface area contributed by atoms with Gasteiger partial charge in [0.25, 0.3) is 0 Å². The van der Waals surface area contributed by atoms with Crippen molar-refractivity contribution in [1.82, 2.24) is 5.32 Å². The average molecular weight is 281 g/mol. The minimum atomic E-state index is -0.584. The summed E-state index contributed by atoms with van der Waals surface area (Å²) in [7, 11) is 0. The molecule has 0 aliphatic carbocycles. The highest BCUT2D eigenvalue weighted by Gasteiger charge is 2.21. The quantitative estimate of drug-likeness (QED) is 0.863. The lowest BCUT2D eigenvalue weighted by molar-refractivity contribution is 0.0698. The molecule has 0 amide bonds. The Morgan fingerprint density at radius 2 is 2.00 bits per heavy atom. The number of rotatable bonds is 5. The van der Waals surface area contributed by atoms with E-state index in [1.54, 1.807) is 12.1 Å². The standard InChI is InChI=1S/C15H23NO4/c1-10(16-15(2,3)4)12(17)8-18-11-5-6-13-14(7-11)20-9-19-13/h5-7,10,12,16-17H,8-9H2,1-4H3. The molecule has 0 saturated heterocycles. The van der Waals surface area contributed by atoms with Crippen LogP contribution in [0.1, 0.15) is 27.7 Å². The molecule has 1 aliphatic heterocycles. The summed E-state index contributed by atoms with van der Waals surface area (Å²) in [5, 5.41) is 13.4. The normalized spacial score (nSPS) is 16.9. The summed E-state index contributed by atoms with van der Waals surface area (Å²) < 4.78 is 16.1. The van der Waals surface area contributed by atoms with Gasteiger partial charge in [-0.3, -0.25) is 0 Å². The SMILES string of the molecule is CC(NC(C)(C)C)C(O)COc1ccc2c(c1)OCO2. The number of aliphatic hydroxyl groups is 1. The Morgan fingerprint density at radius 3 is 2.70 bits per heavy atom. The molecule has 0 aromatic heterocycles. The predicted molar refractivity (Wildman–Crippen MR) is 76.4 cm³/mol. The van der Waals surface area contributed by atoms with Gasteiger partial charge >= 0.3 is 0 Å². The Balaban J connectivity index is 1.85. The van der Waals surface area contributed by atoms with Crippen LogP contribution < -0.4 is 19.5 Å². The van der Waals surface area contributed by atoms with E-state index in [1.165, 1.54) is 0 Å². The van der Waals surface area contributed by atoms with Gasteiger partial charge in [0.15, 0.2) is 11.5 Å². The third kappa shape index (κ3) is 4.02. The van der Waals surface area contributed by atoms with Crippen LogP contribution in [0.2, 0.25) is 0 Å². The lowest BCUT2D eigenvalue weighted by Crippen LogP contribution is -2.49. The fourth-order valence-corrected chi connectivity index (χ4v) is 2.07. The number of fused-ring (bicyclic) bond motifs is 1. The molecule has 1 aromatic carbocycles. The summed E-state index contributed by atoms with van der Waals surface area (Å²) >= 11 is 0. The van der Waals surface area contributed by atoms with Crippen molar-refractivity contribution in [3.63, 3.8) is 0 Å². The Labute approximate surface area is 119 Å². The fourth-order valence-electron chi connectivity index (χ4n) is 2.07. The van der Waals surface area contributed by atoms with E-state index in [-0.39, 0.29) is 25.0 Å². The van der Waals surface area contributed by atoms with Crippen LogP contribution in [0, 0.1) is 0 Å². The van der Waals surface area contributed by atoms with Crippen LogP contribution in [-0.4, -0.2) is 36.2 Å². The van der Waals surface area contributed by atoms with E-state index < -0.39 is 6.10 Å². The third-order valence-corrected chi connectivity index (χ3v) is 3.00. The molecule has 5 heteroatoms. The second-order valence-corrected chi connectivity index (χ2v) is 6.08. The zero-order valence-electron chi connectivity index (χ0n) is 12.5. The molecule has 2 atom stereocenters. The molecule has 112 valence electrons. The van der Waals surface area contributed by atoms with Gasteiger partial charge in [0.1, 0.15) is 18.5 Å². The molecule has 5 nitrogen and oxygen atoms in total. The number of benzene rings is 1. The van der Waals surface area contributed by atoms with Crippen LogP contribution >= 0.6 is 0 Å². The summed E-state index contributed by atoms with van der Waals surface area (Å²) in [6, 6.07) is 5.34. The maximum Gasteiger partial charge on any atom is 0.231 e. The van der Waals surface area contributed by atoms with Crippen molar-refractivity contribution in [2.75, 3.05) is 13.4 Å². The van der Waals surface area contributed by atoms with Gasteiger partial charge in [-0.25, -0.2) is 0 Å². The number of nitrogens with one attached hydrogen (secondary N) is 1. The van der Waals surface area contributed by atoms with Crippen molar-refractivity contribution in [2.45, 2.75) is 45.4 Å². The molecule has 2 rings (SSSR count). The Hall–Kier alpha value is -1.46. The van der Waals surface area contributed by atoms with E-state index in [1.807, 2.05) is 13.0 Å². The molecular formula is C15H23NO4. The summed E-state index contributed by atoms with van der Waals surface area (Å²) in [5.74, 6) is 2.06. The number of hydrogen-bond acceptors (Lipinski definition) is 5. The van der Waals surface area contributed by atoms with Gasteiger partial charge in [-0.1, -0.05) is 0 Å². The smallest absolute Gasteiger partial charge is 0.231 e. The maximum absolute atomic E-state index is 10.1. The fraction of sp³-hybridized carbons (Fsp3) is 0.600. The summed E-state index contributed by atoms with van der Waals surface area (Å²) in [5.41, 5.74) is -0.0425. The van der Waals surface area contributed by atoms with E-state index in [0.717, 1.165) is 5.75 Å². The van der Waals surface area contributed by atoms with Crippen LogP contribution in [0.3, 0.4) is 0 Å².